The van der Waals surface area contributed by atoms with Gasteiger partial charge in [-0.25, -0.2) is 0 Å². The molecule has 8 heteroatoms. The van der Waals surface area contributed by atoms with Gasteiger partial charge in [0.2, 0.25) is 11.8 Å². The van der Waals surface area contributed by atoms with Gasteiger partial charge in [-0.05, 0) is 58.6 Å². The first-order chi connectivity index (χ1) is 14.3. The van der Waals surface area contributed by atoms with Crippen molar-refractivity contribution in [2.24, 2.45) is 5.92 Å². The number of anilines is 2. The largest absolute Gasteiger partial charge is 0.340 e. The molecular weight excluding hydrogens is 470 g/mol. The zero-order valence-electron chi connectivity index (χ0n) is 16.7. The van der Waals surface area contributed by atoms with Crippen molar-refractivity contribution in [3.63, 3.8) is 0 Å². The van der Waals surface area contributed by atoms with Crippen LogP contribution >= 0.6 is 27.5 Å². The quantitative estimate of drug-likeness (QED) is 0.617. The molecule has 0 saturated carbocycles. The number of benzene rings is 2. The second kappa shape index (κ2) is 9.62. The lowest BCUT2D eigenvalue weighted by atomic mass is 10.0. The fourth-order valence-corrected chi connectivity index (χ4v) is 4.07. The van der Waals surface area contributed by atoms with Crippen molar-refractivity contribution in [1.82, 2.24) is 5.32 Å². The van der Waals surface area contributed by atoms with E-state index >= 15 is 0 Å². The number of carbonyl (C=O) groups is 3. The van der Waals surface area contributed by atoms with Crippen LogP contribution in [0, 0.1) is 5.92 Å². The van der Waals surface area contributed by atoms with E-state index in [0.29, 0.717) is 39.4 Å². The molecular formula is C22H23BrClN3O3. The number of hydrogen-bond donors (Lipinski definition) is 2. The lowest BCUT2D eigenvalue weighted by Crippen LogP contribution is -2.47. The molecule has 158 valence electrons. The predicted octanol–water partition coefficient (Wildman–Crippen LogP) is 4.62. The number of hydrogen-bond acceptors (Lipinski definition) is 3. The Labute approximate surface area is 189 Å². The molecule has 0 aliphatic carbocycles. The Morgan fingerprint density at radius 3 is 2.50 bits per heavy atom. The SMILES string of the molecule is CC(C)C(NC(=O)c1ccccc1Br)C(=O)Nc1ccc(N2CCCC2=O)c(Cl)c1. The van der Waals surface area contributed by atoms with E-state index in [0.717, 1.165) is 6.42 Å². The molecule has 1 unspecified atom stereocenters. The Balaban J connectivity index is 1.72. The smallest absolute Gasteiger partial charge is 0.253 e. The fraction of sp³-hybridized carbons (Fsp3) is 0.318. The molecule has 1 saturated heterocycles. The summed E-state index contributed by atoms with van der Waals surface area (Å²) in [6.45, 7) is 4.36. The van der Waals surface area contributed by atoms with Crippen molar-refractivity contribution in [3.05, 3.63) is 57.5 Å². The first-order valence-corrected chi connectivity index (χ1v) is 10.9. The number of halogens is 2. The normalized spacial score (nSPS) is 14.7. The van der Waals surface area contributed by atoms with Gasteiger partial charge in [0.15, 0.2) is 0 Å². The summed E-state index contributed by atoms with van der Waals surface area (Å²) < 4.78 is 0.657. The Morgan fingerprint density at radius 2 is 1.90 bits per heavy atom. The van der Waals surface area contributed by atoms with Crippen LogP contribution in [0.1, 0.15) is 37.0 Å². The van der Waals surface area contributed by atoms with Gasteiger partial charge in [0, 0.05) is 23.1 Å². The van der Waals surface area contributed by atoms with Crippen molar-refractivity contribution in [1.29, 1.82) is 0 Å². The van der Waals surface area contributed by atoms with E-state index in [1.54, 1.807) is 41.3 Å². The third kappa shape index (κ3) is 5.02. The van der Waals surface area contributed by atoms with Gasteiger partial charge in [-0.1, -0.05) is 37.6 Å². The van der Waals surface area contributed by atoms with Gasteiger partial charge < -0.3 is 15.5 Å². The van der Waals surface area contributed by atoms with Crippen LogP contribution in [-0.4, -0.2) is 30.3 Å². The highest BCUT2D eigenvalue weighted by molar-refractivity contribution is 9.10. The third-order valence-electron chi connectivity index (χ3n) is 4.93. The van der Waals surface area contributed by atoms with Gasteiger partial charge in [0.05, 0.1) is 16.3 Å². The van der Waals surface area contributed by atoms with Gasteiger partial charge in [-0.2, -0.15) is 0 Å². The Kier molecular flexibility index (Phi) is 7.15. The Morgan fingerprint density at radius 1 is 1.17 bits per heavy atom. The highest BCUT2D eigenvalue weighted by atomic mass is 79.9. The van der Waals surface area contributed by atoms with Crippen molar-refractivity contribution in [2.45, 2.75) is 32.7 Å². The first-order valence-electron chi connectivity index (χ1n) is 9.74. The van der Waals surface area contributed by atoms with E-state index in [1.807, 2.05) is 19.9 Å². The second-order valence-electron chi connectivity index (χ2n) is 7.48. The molecule has 1 aliphatic rings. The minimum atomic E-state index is -0.733. The maximum absolute atomic E-state index is 12.9. The third-order valence-corrected chi connectivity index (χ3v) is 5.93. The molecule has 6 nitrogen and oxygen atoms in total. The number of amides is 3. The molecule has 2 aromatic rings. The molecule has 0 radical (unpaired) electrons. The van der Waals surface area contributed by atoms with Gasteiger partial charge in [-0.3, -0.25) is 14.4 Å². The maximum atomic E-state index is 12.9. The van der Waals surface area contributed by atoms with Gasteiger partial charge in [-0.15, -0.1) is 0 Å². The van der Waals surface area contributed by atoms with E-state index in [4.69, 9.17) is 11.6 Å². The van der Waals surface area contributed by atoms with Crippen LogP contribution in [0.25, 0.3) is 0 Å². The highest BCUT2D eigenvalue weighted by Crippen LogP contribution is 2.31. The Hall–Kier alpha value is -2.38. The highest BCUT2D eigenvalue weighted by Gasteiger charge is 2.27. The summed E-state index contributed by atoms with van der Waals surface area (Å²) >= 11 is 9.72. The molecule has 1 atom stereocenters. The summed E-state index contributed by atoms with van der Waals surface area (Å²) in [4.78, 5) is 39.1. The van der Waals surface area contributed by atoms with E-state index in [2.05, 4.69) is 26.6 Å². The number of carbonyl (C=O) groups excluding carboxylic acids is 3. The average Bonchev–Trinajstić information content (AvgIpc) is 3.11. The predicted molar refractivity (Wildman–Crippen MR) is 122 cm³/mol. The molecule has 3 amide bonds. The summed E-state index contributed by atoms with van der Waals surface area (Å²) in [5.74, 6) is -0.763. The van der Waals surface area contributed by atoms with Crippen molar-refractivity contribution in [2.75, 3.05) is 16.8 Å². The molecule has 1 aliphatic heterocycles. The van der Waals surface area contributed by atoms with E-state index < -0.39 is 6.04 Å². The molecule has 0 spiro atoms. The monoisotopic (exact) mass is 491 g/mol. The van der Waals surface area contributed by atoms with Gasteiger partial charge in [0.1, 0.15) is 6.04 Å². The van der Waals surface area contributed by atoms with Crippen LogP contribution in [0.3, 0.4) is 0 Å². The minimum Gasteiger partial charge on any atom is -0.340 e. The summed E-state index contributed by atoms with van der Waals surface area (Å²) in [7, 11) is 0. The second-order valence-corrected chi connectivity index (χ2v) is 8.74. The molecule has 2 N–H and O–H groups in total. The van der Waals surface area contributed by atoms with Crippen LogP contribution in [-0.2, 0) is 9.59 Å². The van der Waals surface area contributed by atoms with E-state index in [1.165, 1.54) is 0 Å². The standard InChI is InChI=1S/C22H23BrClN3O3/c1-13(2)20(26-21(29)15-6-3-4-7-16(15)23)22(30)25-14-9-10-18(17(24)12-14)27-11-5-8-19(27)28/h3-4,6-7,9-10,12-13,20H,5,8,11H2,1-2H3,(H,25,30)(H,26,29). The van der Waals surface area contributed by atoms with Crippen molar-refractivity contribution >= 4 is 56.6 Å². The van der Waals surface area contributed by atoms with Crippen molar-refractivity contribution in [3.8, 4) is 0 Å². The Bertz CT molecular complexity index is 980. The molecule has 1 heterocycles. The lowest BCUT2D eigenvalue weighted by Gasteiger charge is -2.23. The lowest BCUT2D eigenvalue weighted by molar-refractivity contribution is -0.119. The molecule has 0 aromatic heterocycles. The van der Waals surface area contributed by atoms with E-state index in [9.17, 15) is 14.4 Å². The van der Waals surface area contributed by atoms with Crippen LogP contribution in [0.2, 0.25) is 5.02 Å². The summed E-state index contributed by atoms with van der Waals surface area (Å²) in [5, 5.41) is 6.00. The van der Waals surface area contributed by atoms with Crippen molar-refractivity contribution < 1.29 is 14.4 Å². The van der Waals surface area contributed by atoms with E-state index in [-0.39, 0.29) is 23.6 Å². The molecule has 3 rings (SSSR count). The zero-order valence-corrected chi connectivity index (χ0v) is 19.1. The maximum Gasteiger partial charge on any atom is 0.253 e. The van der Waals surface area contributed by atoms with Gasteiger partial charge >= 0.3 is 0 Å². The van der Waals surface area contributed by atoms with Crippen LogP contribution in [0.15, 0.2) is 46.9 Å². The average molecular weight is 493 g/mol. The van der Waals surface area contributed by atoms with Crippen LogP contribution in [0.5, 0.6) is 0 Å². The molecule has 2 aromatic carbocycles. The van der Waals surface area contributed by atoms with Gasteiger partial charge in [0.25, 0.3) is 5.91 Å². The topological polar surface area (TPSA) is 78.5 Å². The zero-order chi connectivity index (χ0) is 21.8. The fourth-order valence-electron chi connectivity index (χ4n) is 3.33. The summed E-state index contributed by atoms with van der Waals surface area (Å²) in [6, 6.07) is 11.4. The molecule has 30 heavy (non-hydrogen) atoms. The number of nitrogens with zero attached hydrogens (tertiary/aromatic N) is 1. The number of rotatable bonds is 6. The summed E-state index contributed by atoms with van der Waals surface area (Å²) in [6.07, 6.45) is 1.32. The number of nitrogens with one attached hydrogen (secondary N) is 2. The minimum absolute atomic E-state index is 0.0448. The summed E-state index contributed by atoms with van der Waals surface area (Å²) in [5.41, 5.74) is 1.60. The van der Waals surface area contributed by atoms with Crippen LogP contribution in [0.4, 0.5) is 11.4 Å². The first kappa shape index (κ1) is 22.3. The molecule has 0 bridgehead atoms. The van der Waals surface area contributed by atoms with Crippen LogP contribution < -0.4 is 15.5 Å². The molecule has 1 fully saturated rings.